The van der Waals surface area contributed by atoms with Crippen LogP contribution in [-0.4, -0.2) is 41.2 Å². The van der Waals surface area contributed by atoms with Crippen molar-refractivity contribution in [2.75, 3.05) is 24.5 Å². The molecular formula is C26H29N3O2. The van der Waals surface area contributed by atoms with E-state index in [4.69, 9.17) is 4.98 Å². The van der Waals surface area contributed by atoms with Crippen LogP contribution in [0.25, 0.3) is 0 Å². The normalized spacial score (nSPS) is 21.0. The van der Waals surface area contributed by atoms with Gasteiger partial charge in [0.15, 0.2) is 5.78 Å². The van der Waals surface area contributed by atoms with Gasteiger partial charge in [-0.25, -0.2) is 4.98 Å². The topological polar surface area (TPSA) is 53.5 Å². The molecule has 2 aliphatic heterocycles. The number of carbonyl (C=O) groups excluding carboxylic acids is 2. The number of pyridine rings is 1. The highest BCUT2D eigenvalue weighted by atomic mass is 16.2. The SMILES string of the molecule is C=C1CCCN(C(=O)c2cnc3c(c2)CCCN3c2ccc3c(c2)CC(C)C3=O)CC1. The Morgan fingerprint density at radius 3 is 2.77 bits per heavy atom. The van der Waals surface area contributed by atoms with E-state index in [9.17, 15) is 9.59 Å². The van der Waals surface area contributed by atoms with E-state index < -0.39 is 0 Å². The summed E-state index contributed by atoms with van der Waals surface area (Å²) < 4.78 is 0. The third kappa shape index (κ3) is 3.67. The van der Waals surface area contributed by atoms with E-state index in [0.29, 0.717) is 5.56 Å². The van der Waals surface area contributed by atoms with Crippen LogP contribution in [0, 0.1) is 5.92 Å². The molecule has 5 nitrogen and oxygen atoms in total. The van der Waals surface area contributed by atoms with Gasteiger partial charge in [0.1, 0.15) is 5.82 Å². The summed E-state index contributed by atoms with van der Waals surface area (Å²) >= 11 is 0. The van der Waals surface area contributed by atoms with E-state index in [1.54, 1.807) is 6.20 Å². The minimum atomic E-state index is 0.0711. The number of aryl methyl sites for hydroxylation is 1. The maximum atomic E-state index is 13.1. The van der Waals surface area contributed by atoms with E-state index in [1.165, 1.54) is 5.57 Å². The molecule has 2 aromatic rings. The van der Waals surface area contributed by atoms with E-state index in [2.05, 4.69) is 17.5 Å². The molecule has 1 saturated heterocycles. The fourth-order valence-electron chi connectivity index (χ4n) is 5.11. The van der Waals surface area contributed by atoms with Crippen molar-refractivity contribution < 1.29 is 9.59 Å². The van der Waals surface area contributed by atoms with Crippen molar-refractivity contribution in [3.63, 3.8) is 0 Å². The summed E-state index contributed by atoms with van der Waals surface area (Å²) in [4.78, 5) is 34.3. The molecule has 3 heterocycles. The molecule has 0 radical (unpaired) electrons. The minimum absolute atomic E-state index is 0.0711. The van der Waals surface area contributed by atoms with E-state index in [-0.39, 0.29) is 17.6 Å². The van der Waals surface area contributed by atoms with Crippen molar-refractivity contribution in [3.05, 3.63) is 64.9 Å². The van der Waals surface area contributed by atoms with Crippen molar-refractivity contribution in [2.45, 2.75) is 45.4 Å². The zero-order valence-corrected chi connectivity index (χ0v) is 18.2. The number of anilines is 2. The largest absolute Gasteiger partial charge is 0.338 e. The van der Waals surface area contributed by atoms with E-state index in [1.807, 2.05) is 30.0 Å². The molecule has 1 aliphatic carbocycles. The van der Waals surface area contributed by atoms with Crippen LogP contribution in [0.5, 0.6) is 0 Å². The highest BCUT2D eigenvalue weighted by molar-refractivity contribution is 6.02. The predicted octanol–water partition coefficient (Wildman–Crippen LogP) is 4.72. The first-order chi connectivity index (χ1) is 15.0. The van der Waals surface area contributed by atoms with Gasteiger partial charge in [0.25, 0.3) is 5.91 Å². The summed E-state index contributed by atoms with van der Waals surface area (Å²) in [7, 11) is 0. The van der Waals surface area contributed by atoms with Gasteiger partial charge in [-0.3, -0.25) is 9.59 Å². The van der Waals surface area contributed by atoms with Crippen molar-refractivity contribution >= 4 is 23.2 Å². The van der Waals surface area contributed by atoms with Gasteiger partial charge >= 0.3 is 0 Å². The number of carbonyl (C=O) groups is 2. The molecule has 0 spiro atoms. The molecule has 0 bridgehead atoms. The molecule has 0 saturated carbocycles. The van der Waals surface area contributed by atoms with Crippen molar-refractivity contribution in [1.82, 2.24) is 9.88 Å². The molecule has 1 unspecified atom stereocenters. The number of likely N-dealkylation sites (tertiary alicyclic amines) is 1. The van der Waals surface area contributed by atoms with Gasteiger partial charge in [0.05, 0.1) is 5.56 Å². The van der Waals surface area contributed by atoms with Crippen LogP contribution in [0.15, 0.2) is 42.6 Å². The molecule has 0 N–H and O–H groups in total. The molecule has 1 aromatic heterocycles. The van der Waals surface area contributed by atoms with Gasteiger partial charge in [-0.05, 0) is 73.9 Å². The maximum absolute atomic E-state index is 13.1. The Hall–Kier alpha value is -2.95. The highest BCUT2D eigenvalue weighted by Gasteiger charge is 2.29. The number of benzene rings is 1. The molecule has 1 amide bonds. The van der Waals surface area contributed by atoms with Gasteiger partial charge in [-0.1, -0.05) is 19.1 Å². The number of nitrogens with zero attached hydrogens (tertiary/aromatic N) is 3. The van der Waals surface area contributed by atoms with Gasteiger partial charge in [0.2, 0.25) is 0 Å². The highest BCUT2D eigenvalue weighted by Crippen LogP contribution is 2.36. The van der Waals surface area contributed by atoms with Crippen LogP contribution in [0.1, 0.15) is 64.4 Å². The lowest BCUT2D eigenvalue weighted by Gasteiger charge is -2.31. The zero-order valence-electron chi connectivity index (χ0n) is 18.2. The third-order valence-electron chi connectivity index (χ3n) is 6.89. The predicted molar refractivity (Wildman–Crippen MR) is 122 cm³/mol. The molecule has 5 heteroatoms. The van der Waals surface area contributed by atoms with Crippen LogP contribution < -0.4 is 4.90 Å². The van der Waals surface area contributed by atoms with Crippen LogP contribution in [-0.2, 0) is 12.8 Å². The number of fused-ring (bicyclic) bond motifs is 2. The second kappa shape index (κ2) is 7.95. The summed E-state index contributed by atoms with van der Waals surface area (Å²) in [5.41, 5.74) is 6.13. The number of hydrogen-bond acceptors (Lipinski definition) is 4. The fraction of sp³-hybridized carbons (Fsp3) is 0.423. The van der Waals surface area contributed by atoms with Crippen LogP contribution in [0.2, 0.25) is 0 Å². The molecule has 5 rings (SSSR count). The van der Waals surface area contributed by atoms with E-state index >= 15 is 0 Å². The smallest absolute Gasteiger partial charge is 0.255 e. The van der Waals surface area contributed by atoms with E-state index in [0.717, 1.165) is 86.4 Å². The molecule has 1 fully saturated rings. The molecule has 1 aromatic carbocycles. The second-order valence-electron chi connectivity index (χ2n) is 9.17. The van der Waals surface area contributed by atoms with Crippen molar-refractivity contribution in [1.29, 1.82) is 0 Å². The number of amides is 1. The van der Waals surface area contributed by atoms with Crippen molar-refractivity contribution in [3.8, 4) is 0 Å². The Bertz CT molecular complexity index is 1070. The molecule has 1 atom stereocenters. The number of hydrogen-bond donors (Lipinski definition) is 0. The number of Topliss-reactive ketones (excluding diaryl/α,β-unsaturated/α-hetero) is 1. The molecule has 31 heavy (non-hydrogen) atoms. The van der Waals surface area contributed by atoms with Gasteiger partial charge in [-0.15, -0.1) is 0 Å². The standard InChI is InChI=1S/C26H29N3O2/c1-17-5-3-10-28(12-9-17)26(31)21-14-19-6-4-11-29(25(19)27-16-21)22-7-8-23-20(15-22)13-18(2)24(23)30/h7-8,14-16,18H,1,3-6,9-13H2,2H3. The monoisotopic (exact) mass is 415 g/mol. The number of rotatable bonds is 2. The molecule has 160 valence electrons. The van der Waals surface area contributed by atoms with Crippen molar-refractivity contribution in [2.24, 2.45) is 5.92 Å². The van der Waals surface area contributed by atoms with Crippen LogP contribution in [0.3, 0.4) is 0 Å². The Kier molecular flexibility index (Phi) is 5.12. The summed E-state index contributed by atoms with van der Waals surface area (Å²) in [6.07, 6.45) is 7.36. The Labute approximate surface area is 183 Å². The lowest BCUT2D eigenvalue weighted by molar-refractivity contribution is 0.0762. The first kappa shape index (κ1) is 20.0. The van der Waals surface area contributed by atoms with Gasteiger partial charge < -0.3 is 9.80 Å². The maximum Gasteiger partial charge on any atom is 0.255 e. The first-order valence-corrected chi connectivity index (χ1v) is 11.4. The summed E-state index contributed by atoms with van der Waals surface area (Å²) in [5.74, 6) is 1.33. The summed E-state index contributed by atoms with van der Waals surface area (Å²) in [6, 6.07) is 8.19. The van der Waals surface area contributed by atoms with Crippen LogP contribution >= 0.6 is 0 Å². The number of ketones is 1. The Morgan fingerprint density at radius 2 is 1.90 bits per heavy atom. The minimum Gasteiger partial charge on any atom is -0.338 e. The average Bonchev–Trinajstić information content (AvgIpc) is 2.92. The third-order valence-corrected chi connectivity index (χ3v) is 6.89. The lowest BCUT2D eigenvalue weighted by Crippen LogP contribution is -2.32. The van der Waals surface area contributed by atoms with Gasteiger partial charge in [-0.2, -0.15) is 0 Å². The zero-order chi connectivity index (χ0) is 21.5. The number of aromatic nitrogens is 1. The van der Waals surface area contributed by atoms with Gasteiger partial charge in [0, 0.05) is 43.0 Å². The quantitative estimate of drug-likeness (QED) is 0.666. The first-order valence-electron chi connectivity index (χ1n) is 11.4. The Morgan fingerprint density at radius 1 is 1.06 bits per heavy atom. The summed E-state index contributed by atoms with van der Waals surface area (Å²) in [5, 5.41) is 0. The molecule has 3 aliphatic rings. The Balaban J connectivity index is 1.41. The van der Waals surface area contributed by atoms with Crippen LogP contribution in [0.4, 0.5) is 11.5 Å². The average molecular weight is 416 g/mol. The second-order valence-corrected chi connectivity index (χ2v) is 9.17. The summed E-state index contributed by atoms with van der Waals surface area (Å²) in [6.45, 7) is 8.51. The fourth-order valence-corrected chi connectivity index (χ4v) is 5.11. The lowest BCUT2D eigenvalue weighted by atomic mass is 10.0. The molecular weight excluding hydrogens is 386 g/mol.